The van der Waals surface area contributed by atoms with Crippen molar-refractivity contribution in [3.05, 3.63) is 29.8 Å². The van der Waals surface area contributed by atoms with Crippen LogP contribution in [0, 0.1) is 5.41 Å². The summed E-state index contributed by atoms with van der Waals surface area (Å²) in [7, 11) is 1.68. The monoisotopic (exact) mass is 237 g/mol. The summed E-state index contributed by atoms with van der Waals surface area (Å²) >= 11 is 1.73. The van der Waals surface area contributed by atoms with Crippen LogP contribution in [0.25, 0.3) is 0 Å². The second kappa shape index (κ2) is 5.39. The van der Waals surface area contributed by atoms with Gasteiger partial charge in [0.1, 0.15) is 0 Å². The van der Waals surface area contributed by atoms with Crippen LogP contribution in [-0.4, -0.2) is 19.2 Å². The molecule has 0 aliphatic heterocycles. The van der Waals surface area contributed by atoms with E-state index in [0.29, 0.717) is 0 Å². The number of benzene rings is 1. The van der Waals surface area contributed by atoms with Gasteiger partial charge >= 0.3 is 0 Å². The minimum Gasteiger partial charge on any atom is -0.359 e. The van der Waals surface area contributed by atoms with Gasteiger partial charge in [-0.2, -0.15) is 0 Å². The summed E-state index contributed by atoms with van der Waals surface area (Å²) in [6, 6.07) is 8.38. The molecule has 3 heteroatoms. The molecule has 1 aromatic carbocycles. The lowest BCUT2D eigenvalue weighted by Gasteiger charge is -2.22. The number of rotatable bonds is 4. The van der Waals surface area contributed by atoms with Crippen molar-refractivity contribution in [2.75, 3.05) is 13.3 Å². The summed E-state index contributed by atoms with van der Waals surface area (Å²) in [5.74, 6) is 0.0847. The summed E-state index contributed by atoms with van der Waals surface area (Å²) in [5.41, 5.74) is 0.849. The summed E-state index contributed by atoms with van der Waals surface area (Å²) in [5, 5.41) is 2.70. The van der Waals surface area contributed by atoms with Crippen LogP contribution in [0.1, 0.15) is 19.4 Å². The zero-order chi connectivity index (χ0) is 12.2. The number of hydrogen-bond donors (Lipinski definition) is 1. The maximum Gasteiger partial charge on any atom is 0.225 e. The van der Waals surface area contributed by atoms with Crippen molar-refractivity contribution in [1.29, 1.82) is 0 Å². The van der Waals surface area contributed by atoms with E-state index in [0.717, 1.165) is 6.42 Å². The van der Waals surface area contributed by atoms with Crippen LogP contribution in [0.4, 0.5) is 0 Å². The van der Waals surface area contributed by atoms with Crippen LogP contribution in [0.5, 0.6) is 0 Å². The molecule has 1 rings (SSSR count). The molecule has 0 aromatic heterocycles. The Hall–Kier alpha value is -0.960. The van der Waals surface area contributed by atoms with Crippen molar-refractivity contribution in [1.82, 2.24) is 5.32 Å². The zero-order valence-electron chi connectivity index (χ0n) is 10.3. The van der Waals surface area contributed by atoms with Crippen LogP contribution in [0.2, 0.25) is 0 Å². The van der Waals surface area contributed by atoms with E-state index in [-0.39, 0.29) is 11.3 Å². The molecule has 0 heterocycles. The molecule has 16 heavy (non-hydrogen) atoms. The summed E-state index contributed by atoms with van der Waals surface area (Å²) in [4.78, 5) is 12.9. The highest BCUT2D eigenvalue weighted by molar-refractivity contribution is 7.98. The van der Waals surface area contributed by atoms with E-state index in [4.69, 9.17) is 0 Å². The number of amides is 1. The Morgan fingerprint density at radius 2 is 1.88 bits per heavy atom. The molecule has 1 N–H and O–H groups in total. The SMILES string of the molecule is CNC(=O)C(C)(C)Cc1ccc(SC)cc1. The van der Waals surface area contributed by atoms with Gasteiger partial charge in [-0.05, 0) is 30.4 Å². The fourth-order valence-corrected chi connectivity index (χ4v) is 2.08. The smallest absolute Gasteiger partial charge is 0.225 e. The third kappa shape index (κ3) is 3.27. The Bertz CT molecular complexity index is 357. The first-order valence-corrected chi connectivity index (χ1v) is 6.57. The summed E-state index contributed by atoms with van der Waals surface area (Å²) in [6.07, 6.45) is 2.82. The third-order valence-electron chi connectivity index (χ3n) is 2.65. The number of carbonyl (C=O) groups excluding carboxylic acids is 1. The van der Waals surface area contributed by atoms with Gasteiger partial charge in [-0.1, -0.05) is 26.0 Å². The molecular formula is C13H19NOS. The molecule has 0 radical (unpaired) electrons. The predicted molar refractivity (Wildman–Crippen MR) is 69.8 cm³/mol. The fraction of sp³-hybridized carbons (Fsp3) is 0.462. The van der Waals surface area contributed by atoms with Crippen LogP contribution in [-0.2, 0) is 11.2 Å². The maximum atomic E-state index is 11.6. The second-order valence-corrected chi connectivity index (χ2v) is 5.37. The van der Waals surface area contributed by atoms with Gasteiger partial charge in [0.2, 0.25) is 5.91 Å². The number of thioether (sulfide) groups is 1. The van der Waals surface area contributed by atoms with Gasteiger partial charge in [-0.25, -0.2) is 0 Å². The van der Waals surface area contributed by atoms with Crippen molar-refractivity contribution < 1.29 is 4.79 Å². The van der Waals surface area contributed by atoms with Gasteiger partial charge in [0.25, 0.3) is 0 Å². The van der Waals surface area contributed by atoms with E-state index < -0.39 is 0 Å². The first-order valence-electron chi connectivity index (χ1n) is 5.34. The normalized spacial score (nSPS) is 11.2. The van der Waals surface area contributed by atoms with E-state index in [1.165, 1.54) is 10.5 Å². The highest BCUT2D eigenvalue weighted by Gasteiger charge is 2.26. The molecule has 2 nitrogen and oxygen atoms in total. The molecular weight excluding hydrogens is 218 g/mol. The van der Waals surface area contributed by atoms with Crippen LogP contribution in [0.15, 0.2) is 29.2 Å². The minimum absolute atomic E-state index is 0.0847. The Balaban J connectivity index is 2.76. The summed E-state index contributed by atoms with van der Waals surface area (Å²) in [6.45, 7) is 3.93. The van der Waals surface area contributed by atoms with Gasteiger partial charge < -0.3 is 5.32 Å². The molecule has 1 aromatic rings. The average Bonchev–Trinajstić information content (AvgIpc) is 2.28. The van der Waals surface area contributed by atoms with Gasteiger partial charge in [0.05, 0.1) is 0 Å². The maximum absolute atomic E-state index is 11.6. The van der Waals surface area contributed by atoms with E-state index in [2.05, 4.69) is 35.8 Å². The molecule has 0 spiro atoms. The molecule has 88 valence electrons. The Labute approximate surface area is 102 Å². The molecule has 1 amide bonds. The highest BCUT2D eigenvalue weighted by atomic mass is 32.2. The van der Waals surface area contributed by atoms with E-state index >= 15 is 0 Å². The molecule has 0 aliphatic carbocycles. The van der Waals surface area contributed by atoms with Crippen LogP contribution in [0.3, 0.4) is 0 Å². The molecule has 0 saturated carbocycles. The Morgan fingerprint density at radius 3 is 2.31 bits per heavy atom. The molecule has 0 unspecified atom stereocenters. The van der Waals surface area contributed by atoms with Gasteiger partial charge in [-0.15, -0.1) is 11.8 Å². The van der Waals surface area contributed by atoms with Crippen molar-refractivity contribution in [3.63, 3.8) is 0 Å². The average molecular weight is 237 g/mol. The molecule has 0 aliphatic rings. The van der Waals surface area contributed by atoms with Crippen molar-refractivity contribution in [2.24, 2.45) is 5.41 Å². The van der Waals surface area contributed by atoms with Crippen molar-refractivity contribution in [2.45, 2.75) is 25.2 Å². The van der Waals surface area contributed by atoms with E-state index in [1.54, 1.807) is 18.8 Å². The molecule has 0 saturated heterocycles. The fourth-order valence-electron chi connectivity index (χ4n) is 1.67. The standard InChI is InChI=1S/C13H19NOS/c1-13(2,12(15)14-3)9-10-5-7-11(16-4)8-6-10/h5-8H,9H2,1-4H3,(H,14,15). The third-order valence-corrected chi connectivity index (χ3v) is 3.39. The largest absolute Gasteiger partial charge is 0.359 e. The highest BCUT2D eigenvalue weighted by Crippen LogP contribution is 2.23. The first kappa shape index (κ1) is 13.1. The lowest BCUT2D eigenvalue weighted by molar-refractivity contribution is -0.128. The van der Waals surface area contributed by atoms with Crippen LogP contribution < -0.4 is 5.32 Å². The Morgan fingerprint density at radius 1 is 1.31 bits per heavy atom. The number of nitrogens with one attached hydrogen (secondary N) is 1. The quantitative estimate of drug-likeness (QED) is 0.816. The van der Waals surface area contributed by atoms with Gasteiger partial charge in [0.15, 0.2) is 0 Å². The number of hydrogen-bond acceptors (Lipinski definition) is 2. The molecule has 0 atom stereocenters. The van der Waals surface area contributed by atoms with Gasteiger partial charge in [0, 0.05) is 17.4 Å². The van der Waals surface area contributed by atoms with Crippen molar-refractivity contribution in [3.8, 4) is 0 Å². The minimum atomic E-state index is -0.352. The zero-order valence-corrected chi connectivity index (χ0v) is 11.1. The predicted octanol–water partition coefficient (Wildman–Crippen LogP) is 2.72. The number of carbonyl (C=O) groups is 1. The molecule has 0 fully saturated rings. The van der Waals surface area contributed by atoms with E-state index in [1.807, 2.05) is 13.8 Å². The van der Waals surface area contributed by atoms with Gasteiger partial charge in [-0.3, -0.25) is 4.79 Å². The first-order chi connectivity index (χ1) is 7.49. The Kier molecular flexibility index (Phi) is 4.42. The second-order valence-electron chi connectivity index (χ2n) is 4.49. The van der Waals surface area contributed by atoms with Crippen LogP contribution >= 0.6 is 11.8 Å². The lowest BCUT2D eigenvalue weighted by Crippen LogP contribution is -2.36. The summed E-state index contributed by atoms with van der Waals surface area (Å²) < 4.78 is 0. The van der Waals surface area contributed by atoms with Crippen molar-refractivity contribution >= 4 is 17.7 Å². The molecule has 0 bridgehead atoms. The topological polar surface area (TPSA) is 29.1 Å². The lowest BCUT2D eigenvalue weighted by atomic mass is 9.85. The van der Waals surface area contributed by atoms with E-state index in [9.17, 15) is 4.79 Å².